The Kier molecular flexibility index (Phi) is 3.49. The zero-order valence-electron chi connectivity index (χ0n) is 9.03. The highest BCUT2D eigenvalue weighted by atomic mass is 79.9. The second-order valence-electron chi connectivity index (χ2n) is 4.37. The number of hydrogen-bond acceptors (Lipinski definition) is 4. The largest absolute Gasteiger partial charge is 0.379 e. The van der Waals surface area contributed by atoms with Gasteiger partial charge in [-0.15, -0.1) is 11.3 Å². The molecule has 1 aromatic heterocycles. The van der Waals surface area contributed by atoms with Crippen molar-refractivity contribution >= 4 is 33.0 Å². The summed E-state index contributed by atoms with van der Waals surface area (Å²) in [6.45, 7) is 2.82. The van der Waals surface area contributed by atoms with Crippen LogP contribution in [0.5, 0.6) is 0 Å². The van der Waals surface area contributed by atoms with Crippen molar-refractivity contribution in [3.63, 3.8) is 0 Å². The molecule has 2 unspecified atom stereocenters. The molecule has 88 valence electrons. The van der Waals surface area contributed by atoms with Crippen LogP contribution in [0, 0.1) is 5.41 Å². The van der Waals surface area contributed by atoms with E-state index in [4.69, 9.17) is 10.5 Å². The summed E-state index contributed by atoms with van der Waals surface area (Å²) < 4.78 is 6.31. The first-order valence-corrected chi connectivity index (χ1v) is 6.79. The maximum atomic E-state index is 12.2. The molecule has 5 heteroatoms. The maximum Gasteiger partial charge on any atom is 0.147 e. The number of hydrogen-bond donors (Lipinski definition) is 1. The van der Waals surface area contributed by atoms with Gasteiger partial charge in [-0.05, 0) is 28.9 Å². The third-order valence-electron chi connectivity index (χ3n) is 3.11. The van der Waals surface area contributed by atoms with E-state index in [9.17, 15) is 4.79 Å². The van der Waals surface area contributed by atoms with Gasteiger partial charge in [-0.25, -0.2) is 0 Å². The van der Waals surface area contributed by atoms with E-state index < -0.39 is 5.41 Å². The number of halogens is 1. The van der Waals surface area contributed by atoms with Crippen LogP contribution in [0.2, 0.25) is 0 Å². The molecule has 2 rings (SSSR count). The van der Waals surface area contributed by atoms with Crippen molar-refractivity contribution in [1.29, 1.82) is 0 Å². The molecule has 0 radical (unpaired) electrons. The number of Topliss-reactive ketones (excluding diaryl/α,β-unsaturated/α-hetero) is 1. The van der Waals surface area contributed by atoms with Crippen LogP contribution >= 0.6 is 27.3 Å². The van der Waals surface area contributed by atoms with Crippen LogP contribution in [0.25, 0.3) is 0 Å². The zero-order valence-corrected chi connectivity index (χ0v) is 11.4. The molecule has 16 heavy (non-hydrogen) atoms. The lowest BCUT2D eigenvalue weighted by atomic mass is 9.80. The normalized spacial score (nSPS) is 29.6. The average Bonchev–Trinajstić information content (AvgIpc) is 2.76. The van der Waals surface area contributed by atoms with Crippen molar-refractivity contribution in [2.24, 2.45) is 11.1 Å². The summed E-state index contributed by atoms with van der Waals surface area (Å²) in [4.78, 5) is 13.3. The SMILES string of the molecule is CC1(C(=O)Cc2cc(Br)cs2)COCC1N. The lowest BCUT2D eigenvalue weighted by molar-refractivity contribution is -0.127. The molecule has 0 aromatic carbocycles. The summed E-state index contributed by atoms with van der Waals surface area (Å²) in [5.74, 6) is 0.173. The van der Waals surface area contributed by atoms with Gasteiger partial charge in [0.1, 0.15) is 5.78 Å². The predicted molar refractivity (Wildman–Crippen MR) is 67.6 cm³/mol. The van der Waals surface area contributed by atoms with E-state index in [-0.39, 0.29) is 11.8 Å². The van der Waals surface area contributed by atoms with Crippen molar-refractivity contribution in [3.05, 3.63) is 20.8 Å². The molecule has 1 aliphatic heterocycles. The molecular formula is C11H14BrNO2S. The van der Waals surface area contributed by atoms with Crippen LogP contribution in [0.4, 0.5) is 0 Å². The van der Waals surface area contributed by atoms with Crippen LogP contribution in [-0.4, -0.2) is 25.0 Å². The second kappa shape index (κ2) is 4.56. The molecule has 0 amide bonds. The van der Waals surface area contributed by atoms with E-state index in [0.29, 0.717) is 19.6 Å². The fourth-order valence-corrected chi connectivity index (χ4v) is 3.23. The Labute approximate surface area is 107 Å². The average molecular weight is 304 g/mol. The van der Waals surface area contributed by atoms with Crippen LogP contribution in [0.1, 0.15) is 11.8 Å². The van der Waals surface area contributed by atoms with Crippen molar-refractivity contribution in [2.45, 2.75) is 19.4 Å². The molecule has 1 aliphatic rings. The lowest BCUT2D eigenvalue weighted by Crippen LogP contribution is -2.45. The molecule has 0 bridgehead atoms. The van der Waals surface area contributed by atoms with Crippen molar-refractivity contribution in [3.8, 4) is 0 Å². The Morgan fingerprint density at radius 3 is 3.06 bits per heavy atom. The van der Waals surface area contributed by atoms with Crippen molar-refractivity contribution in [2.75, 3.05) is 13.2 Å². The van der Waals surface area contributed by atoms with E-state index in [1.165, 1.54) is 0 Å². The van der Waals surface area contributed by atoms with Crippen molar-refractivity contribution < 1.29 is 9.53 Å². The Morgan fingerprint density at radius 2 is 2.56 bits per heavy atom. The van der Waals surface area contributed by atoms with Gasteiger partial charge in [0.25, 0.3) is 0 Å². The van der Waals surface area contributed by atoms with Gasteiger partial charge in [0, 0.05) is 27.2 Å². The molecule has 1 saturated heterocycles. The van der Waals surface area contributed by atoms with Gasteiger partial charge in [0.15, 0.2) is 0 Å². The van der Waals surface area contributed by atoms with Crippen molar-refractivity contribution in [1.82, 2.24) is 0 Å². The summed E-state index contributed by atoms with van der Waals surface area (Å²) >= 11 is 4.97. The van der Waals surface area contributed by atoms with Crippen LogP contribution < -0.4 is 5.73 Å². The zero-order chi connectivity index (χ0) is 11.8. The summed E-state index contributed by atoms with van der Waals surface area (Å²) in [5.41, 5.74) is 5.40. The minimum Gasteiger partial charge on any atom is -0.379 e. The number of thiophene rings is 1. The van der Waals surface area contributed by atoms with Gasteiger partial charge in [-0.3, -0.25) is 4.79 Å². The van der Waals surface area contributed by atoms with Gasteiger partial charge in [0.2, 0.25) is 0 Å². The van der Waals surface area contributed by atoms with Crippen LogP contribution in [-0.2, 0) is 16.0 Å². The molecular weight excluding hydrogens is 290 g/mol. The smallest absolute Gasteiger partial charge is 0.147 e. The quantitative estimate of drug-likeness (QED) is 0.929. The third-order valence-corrected chi connectivity index (χ3v) is 4.81. The Bertz CT molecular complexity index is 406. The number of carbonyl (C=O) groups is 1. The molecule has 0 aliphatic carbocycles. The van der Waals surface area contributed by atoms with Crippen LogP contribution in [0.15, 0.2) is 15.9 Å². The number of ether oxygens (including phenoxy) is 1. The van der Waals surface area contributed by atoms with Gasteiger partial charge in [-0.2, -0.15) is 0 Å². The Balaban J connectivity index is 2.08. The highest BCUT2D eigenvalue weighted by molar-refractivity contribution is 9.10. The number of nitrogens with two attached hydrogens (primary N) is 1. The van der Waals surface area contributed by atoms with Gasteiger partial charge >= 0.3 is 0 Å². The third kappa shape index (κ3) is 2.22. The molecule has 1 aromatic rings. The van der Waals surface area contributed by atoms with Gasteiger partial charge < -0.3 is 10.5 Å². The summed E-state index contributed by atoms with van der Waals surface area (Å²) in [6, 6.07) is 1.80. The molecule has 2 N–H and O–H groups in total. The fourth-order valence-electron chi connectivity index (χ4n) is 1.78. The van der Waals surface area contributed by atoms with Gasteiger partial charge in [0.05, 0.1) is 18.6 Å². The minimum absolute atomic E-state index is 0.173. The first kappa shape index (κ1) is 12.2. The molecule has 2 heterocycles. The fraction of sp³-hybridized carbons (Fsp3) is 0.545. The Morgan fingerprint density at radius 1 is 1.81 bits per heavy atom. The van der Waals surface area contributed by atoms with E-state index in [1.807, 2.05) is 18.4 Å². The molecule has 1 fully saturated rings. The van der Waals surface area contributed by atoms with E-state index in [2.05, 4.69) is 15.9 Å². The van der Waals surface area contributed by atoms with E-state index in [1.54, 1.807) is 11.3 Å². The van der Waals surface area contributed by atoms with E-state index >= 15 is 0 Å². The molecule has 2 atom stereocenters. The highest BCUT2D eigenvalue weighted by Crippen LogP contribution is 2.31. The summed E-state index contributed by atoms with van der Waals surface area (Å²) in [5, 5.41) is 1.98. The summed E-state index contributed by atoms with van der Waals surface area (Å²) in [6.07, 6.45) is 0.448. The molecule has 3 nitrogen and oxygen atoms in total. The standard InChI is InChI=1S/C11H14BrNO2S/c1-11(6-15-4-9(11)13)10(14)3-8-2-7(12)5-16-8/h2,5,9H,3-4,6,13H2,1H3. The van der Waals surface area contributed by atoms with Gasteiger partial charge in [-0.1, -0.05) is 0 Å². The number of ketones is 1. The number of rotatable bonds is 3. The van der Waals surface area contributed by atoms with Crippen LogP contribution in [0.3, 0.4) is 0 Å². The topological polar surface area (TPSA) is 52.3 Å². The predicted octanol–water partition coefficient (Wildman–Crippen LogP) is 1.99. The molecule has 0 saturated carbocycles. The highest BCUT2D eigenvalue weighted by Gasteiger charge is 2.43. The monoisotopic (exact) mass is 303 g/mol. The minimum atomic E-state index is -0.517. The lowest BCUT2D eigenvalue weighted by Gasteiger charge is -2.24. The first-order chi connectivity index (χ1) is 7.52. The first-order valence-electron chi connectivity index (χ1n) is 5.12. The van der Waals surface area contributed by atoms with E-state index in [0.717, 1.165) is 9.35 Å². The number of carbonyl (C=O) groups excluding carboxylic acids is 1. The second-order valence-corrected chi connectivity index (χ2v) is 6.28. The summed E-state index contributed by atoms with van der Waals surface area (Å²) in [7, 11) is 0. The molecule has 0 spiro atoms. The maximum absolute atomic E-state index is 12.2. The Hall–Kier alpha value is -0.230.